The molecule has 136 valence electrons. The van der Waals surface area contributed by atoms with Crippen LogP contribution in [0.25, 0.3) is 5.69 Å². The van der Waals surface area contributed by atoms with E-state index >= 15 is 0 Å². The van der Waals surface area contributed by atoms with E-state index < -0.39 is 0 Å². The van der Waals surface area contributed by atoms with Crippen molar-refractivity contribution in [2.45, 2.75) is 46.1 Å². The molecule has 4 nitrogen and oxygen atoms in total. The highest BCUT2D eigenvalue weighted by molar-refractivity contribution is 5.31. The second kappa shape index (κ2) is 8.30. The molecule has 1 aromatic heterocycles. The molecule has 0 saturated carbocycles. The predicted octanol–water partition coefficient (Wildman–Crippen LogP) is 4.48. The van der Waals surface area contributed by atoms with Crippen molar-refractivity contribution in [3.63, 3.8) is 0 Å². The van der Waals surface area contributed by atoms with Crippen LogP contribution in [0, 0.1) is 0 Å². The largest absolute Gasteiger partial charge is 0.371 e. The van der Waals surface area contributed by atoms with Gasteiger partial charge in [0.05, 0.1) is 24.1 Å². The summed E-state index contributed by atoms with van der Waals surface area (Å²) < 4.78 is 7.76. The van der Waals surface area contributed by atoms with Gasteiger partial charge >= 0.3 is 0 Å². The van der Waals surface area contributed by atoms with Gasteiger partial charge in [-0.2, -0.15) is 5.10 Å². The Morgan fingerprint density at radius 3 is 2.42 bits per heavy atom. The molecule has 0 spiro atoms. The van der Waals surface area contributed by atoms with Gasteiger partial charge in [-0.3, -0.25) is 0 Å². The highest BCUT2D eigenvalue weighted by atomic mass is 16.5. The van der Waals surface area contributed by atoms with Gasteiger partial charge in [-0.25, -0.2) is 4.68 Å². The smallest absolute Gasteiger partial charge is 0.0724 e. The Labute approximate surface area is 155 Å². The number of rotatable bonds is 7. The molecular weight excluding hydrogens is 322 g/mol. The highest BCUT2D eigenvalue weighted by Crippen LogP contribution is 2.13. The van der Waals surface area contributed by atoms with E-state index in [1.54, 1.807) is 0 Å². The van der Waals surface area contributed by atoms with Crippen molar-refractivity contribution in [1.29, 1.82) is 0 Å². The van der Waals surface area contributed by atoms with Gasteiger partial charge < -0.3 is 10.1 Å². The van der Waals surface area contributed by atoms with Crippen LogP contribution in [-0.4, -0.2) is 15.4 Å². The molecule has 0 unspecified atom stereocenters. The van der Waals surface area contributed by atoms with Crippen molar-refractivity contribution < 1.29 is 4.74 Å². The maximum atomic E-state index is 5.86. The first-order chi connectivity index (χ1) is 12.5. The normalized spacial score (nSPS) is 11.7. The molecule has 1 heterocycles. The standard InChI is InChI=1S/C22H27N3O/c1-22(2,3)26-17-19-9-7-8-18(12-19)13-23-14-20-15-24-25(16-20)21-10-5-4-6-11-21/h4-12,15-16,23H,13-14,17H2,1-3H3. The fraction of sp³-hybridized carbons (Fsp3) is 0.318. The molecule has 0 aliphatic heterocycles. The lowest BCUT2D eigenvalue weighted by atomic mass is 10.1. The van der Waals surface area contributed by atoms with Crippen LogP contribution in [0.15, 0.2) is 67.0 Å². The Morgan fingerprint density at radius 2 is 1.65 bits per heavy atom. The van der Waals surface area contributed by atoms with E-state index in [2.05, 4.69) is 73.8 Å². The summed E-state index contributed by atoms with van der Waals surface area (Å²) in [6.07, 6.45) is 3.98. The zero-order chi connectivity index (χ0) is 18.4. The van der Waals surface area contributed by atoms with Gasteiger partial charge in [0.2, 0.25) is 0 Å². The molecule has 2 aromatic carbocycles. The molecule has 0 fully saturated rings. The number of aromatic nitrogens is 2. The monoisotopic (exact) mass is 349 g/mol. The molecule has 0 aliphatic carbocycles. The molecule has 0 radical (unpaired) electrons. The van der Waals surface area contributed by atoms with Crippen molar-refractivity contribution in [2.24, 2.45) is 0 Å². The van der Waals surface area contributed by atoms with Crippen LogP contribution in [0.5, 0.6) is 0 Å². The summed E-state index contributed by atoms with van der Waals surface area (Å²) in [4.78, 5) is 0. The Hall–Kier alpha value is -2.43. The van der Waals surface area contributed by atoms with Crippen LogP contribution < -0.4 is 5.32 Å². The molecular formula is C22H27N3O. The number of nitrogens with zero attached hydrogens (tertiary/aromatic N) is 2. The SMILES string of the molecule is CC(C)(C)OCc1cccc(CNCc2cnn(-c3ccccc3)c2)c1. The van der Waals surface area contributed by atoms with Crippen LogP contribution >= 0.6 is 0 Å². The van der Waals surface area contributed by atoms with E-state index in [4.69, 9.17) is 4.74 Å². The molecule has 0 atom stereocenters. The second-order valence-electron chi connectivity index (χ2n) is 7.45. The van der Waals surface area contributed by atoms with Crippen LogP contribution in [0.3, 0.4) is 0 Å². The predicted molar refractivity (Wildman–Crippen MR) is 105 cm³/mol. The van der Waals surface area contributed by atoms with Gasteiger partial charge in [-0.15, -0.1) is 0 Å². The molecule has 0 aliphatic rings. The molecule has 4 heteroatoms. The number of hydrogen-bond donors (Lipinski definition) is 1. The van der Waals surface area contributed by atoms with Crippen LogP contribution in [0.2, 0.25) is 0 Å². The lowest BCUT2D eigenvalue weighted by Crippen LogP contribution is -2.18. The Morgan fingerprint density at radius 1 is 0.923 bits per heavy atom. The Balaban J connectivity index is 1.51. The molecule has 3 aromatic rings. The maximum absolute atomic E-state index is 5.86. The zero-order valence-corrected chi connectivity index (χ0v) is 15.8. The van der Waals surface area contributed by atoms with Crippen LogP contribution in [0.1, 0.15) is 37.5 Å². The van der Waals surface area contributed by atoms with Crippen molar-refractivity contribution in [1.82, 2.24) is 15.1 Å². The van der Waals surface area contributed by atoms with Crippen molar-refractivity contribution >= 4 is 0 Å². The summed E-state index contributed by atoms with van der Waals surface area (Å²) in [5.41, 5.74) is 4.59. The summed E-state index contributed by atoms with van der Waals surface area (Å²) in [5, 5.41) is 7.92. The minimum Gasteiger partial charge on any atom is -0.371 e. The third kappa shape index (κ3) is 5.55. The first kappa shape index (κ1) is 18.4. The van der Waals surface area contributed by atoms with Crippen molar-refractivity contribution in [3.05, 3.63) is 83.7 Å². The van der Waals surface area contributed by atoms with E-state index in [-0.39, 0.29) is 5.60 Å². The molecule has 0 saturated heterocycles. The topological polar surface area (TPSA) is 39.1 Å². The Kier molecular flexibility index (Phi) is 5.86. The summed E-state index contributed by atoms with van der Waals surface area (Å²) in [5.74, 6) is 0. The second-order valence-corrected chi connectivity index (χ2v) is 7.45. The van der Waals surface area contributed by atoms with Gasteiger partial charge in [0.25, 0.3) is 0 Å². The number of para-hydroxylation sites is 1. The quantitative estimate of drug-likeness (QED) is 0.684. The summed E-state index contributed by atoms with van der Waals surface area (Å²) in [6, 6.07) is 18.7. The summed E-state index contributed by atoms with van der Waals surface area (Å²) in [7, 11) is 0. The minimum absolute atomic E-state index is 0.118. The van der Waals surface area contributed by atoms with Gasteiger partial charge in [-0.1, -0.05) is 42.5 Å². The van der Waals surface area contributed by atoms with E-state index in [0.717, 1.165) is 18.8 Å². The van der Waals surface area contributed by atoms with Crippen molar-refractivity contribution in [2.75, 3.05) is 0 Å². The van der Waals surface area contributed by atoms with E-state index in [0.29, 0.717) is 6.61 Å². The van der Waals surface area contributed by atoms with E-state index in [9.17, 15) is 0 Å². The average Bonchev–Trinajstić information content (AvgIpc) is 3.10. The molecule has 26 heavy (non-hydrogen) atoms. The van der Waals surface area contributed by atoms with Crippen LogP contribution in [-0.2, 0) is 24.4 Å². The Bertz CT molecular complexity index is 819. The number of benzene rings is 2. The van der Waals surface area contributed by atoms with Gasteiger partial charge in [0.15, 0.2) is 0 Å². The lowest BCUT2D eigenvalue weighted by Gasteiger charge is -2.19. The minimum atomic E-state index is -0.118. The fourth-order valence-electron chi connectivity index (χ4n) is 2.65. The van der Waals surface area contributed by atoms with Gasteiger partial charge in [0, 0.05) is 24.8 Å². The number of ether oxygens (including phenoxy) is 1. The van der Waals surface area contributed by atoms with Crippen molar-refractivity contribution in [3.8, 4) is 5.69 Å². The van der Waals surface area contributed by atoms with E-state index in [1.165, 1.54) is 16.7 Å². The molecule has 3 rings (SSSR count). The third-order valence-corrected chi connectivity index (χ3v) is 3.98. The average molecular weight is 349 g/mol. The molecule has 1 N–H and O–H groups in total. The van der Waals surface area contributed by atoms with E-state index in [1.807, 2.05) is 29.1 Å². The first-order valence-corrected chi connectivity index (χ1v) is 9.01. The van der Waals surface area contributed by atoms with Crippen LogP contribution in [0.4, 0.5) is 0 Å². The molecule has 0 bridgehead atoms. The lowest BCUT2D eigenvalue weighted by molar-refractivity contribution is -0.0149. The fourth-order valence-corrected chi connectivity index (χ4v) is 2.65. The molecule has 0 amide bonds. The summed E-state index contributed by atoms with van der Waals surface area (Å²) >= 11 is 0. The maximum Gasteiger partial charge on any atom is 0.0724 e. The third-order valence-electron chi connectivity index (χ3n) is 3.98. The first-order valence-electron chi connectivity index (χ1n) is 9.01. The number of hydrogen-bond acceptors (Lipinski definition) is 3. The summed E-state index contributed by atoms with van der Waals surface area (Å²) in [6.45, 7) is 8.48. The highest BCUT2D eigenvalue weighted by Gasteiger charge is 2.10. The van der Waals surface area contributed by atoms with Gasteiger partial charge in [0.1, 0.15) is 0 Å². The number of nitrogens with one attached hydrogen (secondary N) is 1. The van der Waals surface area contributed by atoms with Gasteiger partial charge in [-0.05, 0) is 44.0 Å². The zero-order valence-electron chi connectivity index (χ0n) is 15.8.